The second-order valence-corrected chi connectivity index (χ2v) is 6.02. The van der Waals surface area contributed by atoms with Crippen molar-refractivity contribution < 1.29 is 13.9 Å². The van der Waals surface area contributed by atoms with Crippen molar-refractivity contribution in [3.05, 3.63) is 59.5 Å². The number of carbonyl (C=O) groups excluding carboxylic acids is 1. The van der Waals surface area contributed by atoms with E-state index in [0.717, 1.165) is 29.0 Å². The van der Waals surface area contributed by atoms with Crippen LogP contribution >= 0.6 is 0 Å². The second kappa shape index (κ2) is 6.12. The van der Waals surface area contributed by atoms with Crippen LogP contribution in [0.2, 0.25) is 0 Å². The Hall–Kier alpha value is -3.02. The molecule has 128 valence electrons. The molecule has 0 bridgehead atoms. The molecule has 4 rings (SSSR count). The highest BCUT2D eigenvalue weighted by molar-refractivity contribution is 5.99. The Labute approximate surface area is 145 Å². The molecule has 1 N–H and O–H groups in total. The monoisotopic (exact) mass is 337 g/mol. The number of carbonyl (C=O) groups is 1. The summed E-state index contributed by atoms with van der Waals surface area (Å²) in [4.78, 5) is 14.8. The Morgan fingerprint density at radius 1 is 1.32 bits per heavy atom. The smallest absolute Gasteiger partial charge is 0.275 e. The Kier molecular flexibility index (Phi) is 3.80. The molecule has 1 aromatic carbocycles. The molecule has 1 aliphatic rings. The van der Waals surface area contributed by atoms with Crippen molar-refractivity contribution in [3.8, 4) is 17.2 Å². The maximum atomic E-state index is 12.9. The van der Waals surface area contributed by atoms with Gasteiger partial charge in [-0.1, -0.05) is 19.1 Å². The zero-order valence-electron chi connectivity index (χ0n) is 14.2. The summed E-state index contributed by atoms with van der Waals surface area (Å²) < 4.78 is 10.9. The zero-order valence-corrected chi connectivity index (χ0v) is 14.2. The van der Waals surface area contributed by atoms with E-state index in [1.165, 1.54) is 0 Å². The van der Waals surface area contributed by atoms with Crippen molar-refractivity contribution >= 4 is 5.91 Å². The van der Waals surface area contributed by atoms with E-state index < -0.39 is 0 Å². The molecule has 1 amide bonds. The van der Waals surface area contributed by atoms with E-state index in [1.807, 2.05) is 41.3 Å². The average Bonchev–Trinajstić information content (AvgIpc) is 3.34. The Balaban J connectivity index is 1.89. The third kappa shape index (κ3) is 2.41. The van der Waals surface area contributed by atoms with Crippen LogP contribution in [0.25, 0.3) is 11.5 Å². The number of ether oxygens (including phenoxy) is 1. The first-order valence-corrected chi connectivity index (χ1v) is 8.31. The molecule has 3 aromatic rings. The lowest BCUT2D eigenvalue weighted by atomic mass is 9.97. The van der Waals surface area contributed by atoms with Crippen LogP contribution < -0.4 is 4.74 Å². The lowest BCUT2D eigenvalue weighted by Crippen LogP contribution is -2.30. The van der Waals surface area contributed by atoms with E-state index in [0.29, 0.717) is 18.0 Å². The summed E-state index contributed by atoms with van der Waals surface area (Å²) in [5.41, 5.74) is 3.07. The van der Waals surface area contributed by atoms with Crippen molar-refractivity contribution in [2.75, 3.05) is 13.7 Å². The number of fused-ring (bicyclic) bond motifs is 1. The van der Waals surface area contributed by atoms with Crippen LogP contribution in [0.1, 0.15) is 41.0 Å². The van der Waals surface area contributed by atoms with Crippen LogP contribution in [0, 0.1) is 0 Å². The second-order valence-electron chi connectivity index (χ2n) is 6.02. The summed E-state index contributed by atoms with van der Waals surface area (Å²) in [6, 6.07) is 11.3. The summed E-state index contributed by atoms with van der Waals surface area (Å²) in [6.07, 6.45) is 2.49. The fourth-order valence-electron chi connectivity index (χ4n) is 3.43. The number of nitrogens with zero attached hydrogens (tertiary/aromatic N) is 2. The lowest BCUT2D eigenvalue weighted by Gasteiger charge is -2.26. The Bertz CT molecular complexity index is 899. The molecule has 6 nitrogen and oxygen atoms in total. The number of aromatic amines is 1. The maximum absolute atomic E-state index is 12.9. The number of amides is 1. The lowest BCUT2D eigenvalue weighted by molar-refractivity contribution is 0.0743. The fourth-order valence-corrected chi connectivity index (χ4v) is 3.43. The first kappa shape index (κ1) is 15.5. The molecule has 0 saturated heterocycles. The minimum absolute atomic E-state index is 0.0567. The number of nitrogens with one attached hydrogen (secondary N) is 1. The van der Waals surface area contributed by atoms with Gasteiger partial charge in [0.15, 0.2) is 11.5 Å². The van der Waals surface area contributed by atoms with Crippen molar-refractivity contribution in [3.63, 3.8) is 0 Å². The minimum Gasteiger partial charge on any atom is -0.497 e. The molecule has 0 radical (unpaired) electrons. The molecule has 2 aromatic heterocycles. The van der Waals surface area contributed by atoms with Gasteiger partial charge >= 0.3 is 0 Å². The van der Waals surface area contributed by atoms with Gasteiger partial charge in [-0.05, 0) is 36.2 Å². The third-order valence-electron chi connectivity index (χ3n) is 4.49. The highest BCUT2D eigenvalue weighted by Crippen LogP contribution is 2.43. The maximum Gasteiger partial charge on any atom is 0.275 e. The molecule has 0 saturated carbocycles. The van der Waals surface area contributed by atoms with Gasteiger partial charge in [0, 0.05) is 12.1 Å². The van der Waals surface area contributed by atoms with Gasteiger partial charge in [0.2, 0.25) is 0 Å². The molecule has 1 unspecified atom stereocenters. The first-order chi connectivity index (χ1) is 12.2. The molecule has 0 spiro atoms. The van der Waals surface area contributed by atoms with Gasteiger partial charge in [0.05, 0.1) is 19.4 Å². The molecule has 1 aliphatic heterocycles. The van der Waals surface area contributed by atoms with E-state index in [2.05, 4.69) is 17.1 Å². The van der Waals surface area contributed by atoms with E-state index in [-0.39, 0.29) is 11.9 Å². The number of hydrogen-bond acceptors (Lipinski definition) is 4. The molecule has 0 aliphatic carbocycles. The number of aromatic nitrogens is 2. The average molecular weight is 337 g/mol. The number of H-pyrrole nitrogens is 1. The largest absolute Gasteiger partial charge is 0.497 e. The van der Waals surface area contributed by atoms with Gasteiger partial charge in [-0.15, -0.1) is 0 Å². The topological polar surface area (TPSA) is 71.4 Å². The van der Waals surface area contributed by atoms with E-state index in [1.54, 1.807) is 13.4 Å². The van der Waals surface area contributed by atoms with Gasteiger partial charge in [-0.2, -0.15) is 5.10 Å². The van der Waals surface area contributed by atoms with Gasteiger partial charge in [0.1, 0.15) is 11.4 Å². The van der Waals surface area contributed by atoms with Crippen LogP contribution in [0.4, 0.5) is 0 Å². The number of methoxy groups -OCH3 is 1. The van der Waals surface area contributed by atoms with Gasteiger partial charge < -0.3 is 14.1 Å². The molecule has 25 heavy (non-hydrogen) atoms. The Morgan fingerprint density at radius 3 is 2.92 bits per heavy atom. The third-order valence-corrected chi connectivity index (χ3v) is 4.49. The zero-order chi connectivity index (χ0) is 17.4. The summed E-state index contributed by atoms with van der Waals surface area (Å²) in [7, 11) is 1.64. The van der Waals surface area contributed by atoms with Gasteiger partial charge in [-0.25, -0.2) is 0 Å². The van der Waals surface area contributed by atoms with Crippen LogP contribution in [-0.2, 0) is 0 Å². The quantitative estimate of drug-likeness (QED) is 0.772. The molecule has 0 fully saturated rings. The highest BCUT2D eigenvalue weighted by atomic mass is 16.5. The van der Waals surface area contributed by atoms with Crippen LogP contribution in [0.3, 0.4) is 0 Å². The van der Waals surface area contributed by atoms with Crippen LogP contribution in [-0.4, -0.2) is 34.7 Å². The van der Waals surface area contributed by atoms with E-state index in [4.69, 9.17) is 9.15 Å². The van der Waals surface area contributed by atoms with Crippen LogP contribution in [0.5, 0.6) is 5.75 Å². The van der Waals surface area contributed by atoms with Crippen molar-refractivity contribution in [2.24, 2.45) is 0 Å². The fraction of sp³-hybridized carbons (Fsp3) is 0.263. The van der Waals surface area contributed by atoms with Crippen LogP contribution in [0.15, 0.2) is 47.1 Å². The van der Waals surface area contributed by atoms with E-state index >= 15 is 0 Å². The Morgan fingerprint density at radius 2 is 2.20 bits per heavy atom. The minimum atomic E-state index is -0.212. The molecule has 1 atom stereocenters. The summed E-state index contributed by atoms with van der Waals surface area (Å²) in [5, 5.41) is 7.25. The number of furan rings is 1. The summed E-state index contributed by atoms with van der Waals surface area (Å²) >= 11 is 0. The molecule has 3 heterocycles. The van der Waals surface area contributed by atoms with Crippen molar-refractivity contribution in [1.82, 2.24) is 15.1 Å². The van der Waals surface area contributed by atoms with Crippen molar-refractivity contribution in [2.45, 2.75) is 19.4 Å². The molecular formula is C19H19N3O3. The first-order valence-electron chi connectivity index (χ1n) is 8.31. The highest BCUT2D eigenvalue weighted by Gasteiger charge is 2.42. The predicted octanol–water partition coefficient (Wildman–Crippen LogP) is 3.63. The number of benzene rings is 1. The molecular weight excluding hydrogens is 318 g/mol. The number of hydrogen-bond donors (Lipinski definition) is 1. The van der Waals surface area contributed by atoms with Crippen molar-refractivity contribution in [1.29, 1.82) is 0 Å². The SMILES string of the molecule is CCCN1C(=O)c2n[nH]c(-c3ccco3)c2C1c1cccc(OC)c1. The summed E-state index contributed by atoms with van der Waals surface area (Å²) in [6.45, 7) is 2.72. The molecule has 6 heteroatoms. The standard InChI is InChI=1S/C19H19N3O3/c1-3-9-22-18(12-6-4-7-13(11-12)24-2)15-16(14-8-5-10-25-14)20-21-17(15)19(22)23/h4-8,10-11,18H,3,9H2,1-2H3,(H,20,21). The van der Waals surface area contributed by atoms with Gasteiger partial charge in [-0.3, -0.25) is 9.89 Å². The predicted molar refractivity (Wildman–Crippen MR) is 92.5 cm³/mol. The summed E-state index contributed by atoms with van der Waals surface area (Å²) in [5.74, 6) is 1.38. The normalized spacial score (nSPS) is 16.3. The van der Waals surface area contributed by atoms with E-state index in [9.17, 15) is 4.79 Å². The number of rotatable bonds is 5. The van der Waals surface area contributed by atoms with Gasteiger partial charge in [0.25, 0.3) is 5.91 Å².